The third-order valence-corrected chi connectivity index (χ3v) is 2.45. The highest BCUT2D eigenvalue weighted by molar-refractivity contribution is 9.10. The Labute approximate surface area is 98.7 Å². The van der Waals surface area contributed by atoms with E-state index in [0.29, 0.717) is 10.3 Å². The van der Waals surface area contributed by atoms with E-state index in [-0.39, 0.29) is 5.69 Å². The Morgan fingerprint density at radius 1 is 1.19 bits per heavy atom. The van der Waals surface area contributed by atoms with Crippen LogP contribution in [0.25, 0.3) is 0 Å². The van der Waals surface area contributed by atoms with Crippen molar-refractivity contribution in [3.63, 3.8) is 0 Å². The molecular formula is C10H6BrF2N3. The average molecular weight is 286 g/mol. The van der Waals surface area contributed by atoms with Gasteiger partial charge in [0, 0.05) is 6.20 Å². The summed E-state index contributed by atoms with van der Waals surface area (Å²) in [6.07, 6.45) is 2.76. The van der Waals surface area contributed by atoms with Gasteiger partial charge in [-0.1, -0.05) is 6.07 Å². The number of nitrogens with zero attached hydrogens (tertiary/aromatic N) is 2. The minimum Gasteiger partial charge on any atom is -0.334 e. The lowest BCUT2D eigenvalue weighted by atomic mass is 10.3. The molecule has 82 valence electrons. The molecule has 6 heteroatoms. The van der Waals surface area contributed by atoms with E-state index < -0.39 is 11.6 Å². The van der Waals surface area contributed by atoms with Crippen LogP contribution in [0.4, 0.5) is 20.3 Å². The number of rotatable bonds is 2. The first kappa shape index (κ1) is 10.9. The minimum atomic E-state index is -0.675. The van der Waals surface area contributed by atoms with Crippen molar-refractivity contribution in [1.29, 1.82) is 0 Å². The van der Waals surface area contributed by atoms with Gasteiger partial charge in [-0.2, -0.15) is 0 Å². The summed E-state index contributed by atoms with van der Waals surface area (Å²) < 4.78 is 27.1. The maximum atomic E-state index is 13.3. The minimum absolute atomic E-state index is 0.234. The van der Waals surface area contributed by atoms with Crippen LogP contribution < -0.4 is 5.32 Å². The van der Waals surface area contributed by atoms with Gasteiger partial charge in [0.25, 0.3) is 0 Å². The molecule has 0 bridgehead atoms. The number of hydrogen-bond acceptors (Lipinski definition) is 3. The molecule has 0 aliphatic heterocycles. The van der Waals surface area contributed by atoms with Crippen LogP contribution >= 0.6 is 15.9 Å². The fourth-order valence-corrected chi connectivity index (χ4v) is 1.46. The van der Waals surface area contributed by atoms with Crippen molar-refractivity contribution >= 4 is 27.4 Å². The van der Waals surface area contributed by atoms with Gasteiger partial charge in [-0.25, -0.2) is 18.7 Å². The monoisotopic (exact) mass is 285 g/mol. The molecule has 2 aromatic rings. The number of para-hydroxylation sites is 1. The lowest BCUT2D eigenvalue weighted by Crippen LogP contribution is -2.00. The normalized spacial score (nSPS) is 10.2. The van der Waals surface area contributed by atoms with E-state index in [2.05, 4.69) is 31.2 Å². The zero-order chi connectivity index (χ0) is 11.5. The summed E-state index contributed by atoms with van der Waals surface area (Å²) in [5.41, 5.74) is -0.234. The zero-order valence-corrected chi connectivity index (χ0v) is 9.50. The first-order valence-corrected chi connectivity index (χ1v) is 5.14. The van der Waals surface area contributed by atoms with Crippen molar-refractivity contribution in [2.75, 3.05) is 5.32 Å². The largest absolute Gasteiger partial charge is 0.334 e. The Balaban J connectivity index is 2.38. The molecule has 0 fully saturated rings. The maximum absolute atomic E-state index is 13.3. The van der Waals surface area contributed by atoms with E-state index in [1.165, 1.54) is 30.7 Å². The first-order chi connectivity index (χ1) is 7.68. The lowest BCUT2D eigenvalue weighted by Gasteiger charge is -2.08. The summed E-state index contributed by atoms with van der Waals surface area (Å²) in [5.74, 6) is -1.05. The van der Waals surface area contributed by atoms with E-state index in [9.17, 15) is 8.78 Å². The third kappa shape index (κ3) is 2.16. The quantitative estimate of drug-likeness (QED) is 0.920. The average Bonchev–Trinajstić information content (AvgIpc) is 2.26. The smallest absolute Gasteiger partial charge is 0.149 e. The van der Waals surface area contributed by atoms with Crippen molar-refractivity contribution in [2.45, 2.75) is 0 Å². The van der Waals surface area contributed by atoms with Crippen LogP contribution in [0.1, 0.15) is 0 Å². The lowest BCUT2D eigenvalue weighted by molar-refractivity contribution is 0.590. The Kier molecular flexibility index (Phi) is 3.09. The van der Waals surface area contributed by atoms with E-state index in [1.807, 2.05) is 0 Å². The number of halogens is 3. The van der Waals surface area contributed by atoms with Crippen LogP contribution in [0, 0.1) is 11.6 Å². The number of benzene rings is 1. The molecule has 0 spiro atoms. The van der Waals surface area contributed by atoms with Crippen molar-refractivity contribution < 1.29 is 8.78 Å². The predicted molar refractivity (Wildman–Crippen MR) is 59.4 cm³/mol. The van der Waals surface area contributed by atoms with Gasteiger partial charge in [0.15, 0.2) is 0 Å². The number of aromatic nitrogens is 2. The summed E-state index contributed by atoms with van der Waals surface area (Å²) in [6.45, 7) is 0. The van der Waals surface area contributed by atoms with E-state index in [1.54, 1.807) is 0 Å². The molecule has 1 N–H and O–H groups in total. The van der Waals surface area contributed by atoms with Crippen molar-refractivity contribution in [3.05, 3.63) is 46.8 Å². The molecule has 2 rings (SSSR count). The van der Waals surface area contributed by atoms with Gasteiger partial charge in [0.05, 0.1) is 4.47 Å². The van der Waals surface area contributed by atoms with Gasteiger partial charge < -0.3 is 5.32 Å². The van der Waals surface area contributed by atoms with Crippen molar-refractivity contribution in [3.8, 4) is 0 Å². The van der Waals surface area contributed by atoms with Crippen LogP contribution in [0.5, 0.6) is 0 Å². The summed E-state index contributed by atoms with van der Waals surface area (Å²) in [7, 11) is 0. The zero-order valence-electron chi connectivity index (χ0n) is 7.92. The number of hydrogen-bond donors (Lipinski definition) is 1. The molecule has 1 heterocycles. The molecule has 0 radical (unpaired) electrons. The molecular weight excluding hydrogens is 280 g/mol. The molecule has 0 amide bonds. The highest BCUT2D eigenvalue weighted by Gasteiger charge is 2.10. The molecule has 1 aromatic carbocycles. The highest BCUT2D eigenvalue weighted by Crippen LogP contribution is 2.25. The summed E-state index contributed by atoms with van der Waals surface area (Å²) >= 11 is 3.17. The van der Waals surface area contributed by atoms with Gasteiger partial charge >= 0.3 is 0 Å². The Bertz CT molecular complexity index is 499. The van der Waals surface area contributed by atoms with E-state index in [4.69, 9.17) is 0 Å². The van der Waals surface area contributed by atoms with Gasteiger partial charge in [-0.15, -0.1) is 0 Å². The van der Waals surface area contributed by atoms with Crippen LogP contribution in [-0.2, 0) is 0 Å². The SMILES string of the molecule is Fc1cccc(F)c1Nc1ncncc1Br. The van der Waals surface area contributed by atoms with Gasteiger partial charge in [0.2, 0.25) is 0 Å². The van der Waals surface area contributed by atoms with Crippen LogP contribution in [-0.4, -0.2) is 9.97 Å². The maximum Gasteiger partial charge on any atom is 0.149 e. The standard InChI is InChI=1S/C10H6BrF2N3/c11-6-4-14-5-15-10(6)16-9-7(12)2-1-3-8(9)13/h1-5H,(H,14,15,16). The molecule has 0 unspecified atom stereocenters. The van der Waals surface area contributed by atoms with Crippen molar-refractivity contribution in [1.82, 2.24) is 9.97 Å². The second-order valence-electron chi connectivity index (χ2n) is 2.94. The molecule has 0 saturated carbocycles. The molecule has 16 heavy (non-hydrogen) atoms. The molecule has 1 aromatic heterocycles. The number of anilines is 2. The Morgan fingerprint density at radius 2 is 1.88 bits per heavy atom. The highest BCUT2D eigenvalue weighted by atomic mass is 79.9. The van der Waals surface area contributed by atoms with Gasteiger partial charge in [-0.3, -0.25) is 0 Å². The molecule has 0 atom stereocenters. The summed E-state index contributed by atoms with van der Waals surface area (Å²) in [4.78, 5) is 7.60. The van der Waals surface area contributed by atoms with Crippen LogP contribution in [0.15, 0.2) is 35.2 Å². The van der Waals surface area contributed by atoms with Crippen molar-refractivity contribution in [2.24, 2.45) is 0 Å². The molecule has 3 nitrogen and oxygen atoms in total. The van der Waals surface area contributed by atoms with Crippen LogP contribution in [0.2, 0.25) is 0 Å². The molecule has 0 aliphatic carbocycles. The molecule has 0 saturated heterocycles. The topological polar surface area (TPSA) is 37.8 Å². The molecule has 0 aliphatic rings. The number of nitrogens with one attached hydrogen (secondary N) is 1. The fourth-order valence-electron chi connectivity index (χ4n) is 1.14. The third-order valence-electron chi connectivity index (χ3n) is 1.87. The summed E-state index contributed by atoms with van der Waals surface area (Å²) in [6, 6.07) is 3.63. The Hall–Kier alpha value is -1.56. The predicted octanol–water partition coefficient (Wildman–Crippen LogP) is 3.26. The van der Waals surface area contributed by atoms with E-state index >= 15 is 0 Å². The Morgan fingerprint density at radius 3 is 2.50 bits per heavy atom. The fraction of sp³-hybridized carbons (Fsp3) is 0. The van der Waals surface area contributed by atoms with Gasteiger partial charge in [-0.05, 0) is 28.1 Å². The first-order valence-electron chi connectivity index (χ1n) is 4.35. The second kappa shape index (κ2) is 4.52. The van der Waals surface area contributed by atoms with E-state index in [0.717, 1.165) is 0 Å². The second-order valence-corrected chi connectivity index (χ2v) is 3.80. The van der Waals surface area contributed by atoms with Gasteiger partial charge in [0.1, 0.15) is 29.5 Å². The summed E-state index contributed by atoms with van der Waals surface area (Å²) in [5, 5.41) is 2.56. The van der Waals surface area contributed by atoms with Crippen LogP contribution in [0.3, 0.4) is 0 Å².